The Kier molecular flexibility index (Phi) is 4.39. The van der Waals surface area contributed by atoms with Gasteiger partial charge in [0.2, 0.25) is 5.91 Å². The van der Waals surface area contributed by atoms with Crippen molar-refractivity contribution in [2.75, 3.05) is 11.9 Å². The summed E-state index contributed by atoms with van der Waals surface area (Å²) in [5, 5.41) is 0. The second-order valence-corrected chi connectivity index (χ2v) is 6.20. The van der Waals surface area contributed by atoms with Gasteiger partial charge in [-0.05, 0) is 30.5 Å². The van der Waals surface area contributed by atoms with E-state index in [0.717, 1.165) is 23.2 Å². The molecule has 0 saturated heterocycles. The van der Waals surface area contributed by atoms with Crippen molar-refractivity contribution in [3.63, 3.8) is 0 Å². The molecule has 2 atom stereocenters. The first-order valence-electron chi connectivity index (χ1n) is 8.34. The van der Waals surface area contributed by atoms with Crippen LogP contribution in [0.1, 0.15) is 24.5 Å². The van der Waals surface area contributed by atoms with E-state index in [9.17, 15) is 4.79 Å². The molecule has 0 saturated carbocycles. The monoisotopic (exact) mass is 317 g/mol. The van der Waals surface area contributed by atoms with Gasteiger partial charge in [0.05, 0.1) is 0 Å². The van der Waals surface area contributed by atoms with Gasteiger partial charge in [-0.15, -0.1) is 6.58 Å². The van der Waals surface area contributed by atoms with Crippen LogP contribution in [0.3, 0.4) is 0 Å². The van der Waals surface area contributed by atoms with Crippen LogP contribution in [0.4, 0.5) is 5.69 Å². The van der Waals surface area contributed by atoms with Crippen molar-refractivity contribution in [1.82, 2.24) is 0 Å². The third-order valence-corrected chi connectivity index (χ3v) is 5.03. The fourth-order valence-corrected chi connectivity index (χ4v) is 3.87. The molecular weight excluding hydrogens is 294 g/mol. The molecule has 2 aromatic rings. The highest BCUT2D eigenvalue weighted by atomic mass is 16.2. The summed E-state index contributed by atoms with van der Waals surface area (Å²) >= 11 is 0. The van der Waals surface area contributed by atoms with Gasteiger partial charge in [0.15, 0.2) is 0 Å². The minimum absolute atomic E-state index is 0.00491. The van der Waals surface area contributed by atoms with Gasteiger partial charge in [0.25, 0.3) is 0 Å². The van der Waals surface area contributed by atoms with E-state index in [0.29, 0.717) is 0 Å². The Morgan fingerprint density at radius 2 is 1.79 bits per heavy atom. The number of anilines is 1. The summed E-state index contributed by atoms with van der Waals surface area (Å²) in [5.74, 6) is 0.110. The molecule has 0 aromatic heterocycles. The first kappa shape index (κ1) is 16.3. The Hall–Kier alpha value is -2.61. The lowest BCUT2D eigenvalue weighted by Gasteiger charge is -2.35. The molecule has 2 unspecified atom stereocenters. The number of allylic oxidation sites excluding steroid dienone is 3. The number of amides is 1. The molecule has 0 radical (unpaired) electrons. The van der Waals surface area contributed by atoms with Crippen LogP contribution in [0, 0.1) is 5.92 Å². The van der Waals surface area contributed by atoms with Gasteiger partial charge in [-0.1, -0.05) is 66.8 Å². The van der Waals surface area contributed by atoms with Gasteiger partial charge in [-0.3, -0.25) is 4.79 Å². The van der Waals surface area contributed by atoms with Crippen LogP contribution < -0.4 is 4.90 Å². The highest BCUT2D eigenvalue weighted by Crippen LogP contribution is 2.51. The molecule has 1 heterocycles. The first-order valence-corrected chi connectivity index (χ1v) is 8.34. The fourth-order valence-electron chi connectivity index (χ4n) is 3.87. The Labute approximate surface area is 144 Å². The van der Waals surface area contributed by atoms with Crippen LogP contribution in [0.15, 0.2) is 79.4 Å². The second kappa shape index (κ2) is 6.48. The number of para-hydroxylation sites is 1. The van der Waals surface area contributed by atoms with Crippen LogP contribution >= 0.6 is 0 Å². The van der Waals surface area contributed by atoms with Gasteiger partial charge in [0.1, 0.15) is 5.41 Å². The van der Waals surface area contributed by atoms with E-state index in [1.807, 2.05) is 62.5 Å². The molecular formula is C22H23NO. The zero-order valence-corrected chi connectivity index (χ0v) is 14.3. The zero-order valence-electron chi connectivity index (χ0n) is 14.3. The lowest BCUT2D eigenvalue weighted by molar-refractivity contribution is -0.122. The topological polar surface area (TPSA) is 20.3 Å². The normalized spacial score (nSPS) is 21.1. The number of hydrogen-bond acceptors (Lipinski definition) is 1. The molecule has 2 nitrogen and oxygen atoms in total. The number of rotatable bonds is 5. The molecule has 0 bridgehead atoms. The van der Waals surface area contributed by atoms with E-state index in [4.69, 9.17) is 0 Å². The van der Waals surface area contributed by atoms with Crippen molar-refractivity contribution in [3.8, 4) is 0 Å². The molecule has 0 fully saturated rings. The molecule has 24 heavy (non-hydrogen) atoms. The minimum atomic E-state index is -0.714. The van der Waals surface area contributed by atoms with Crippen LogP contribution in [0.5, 0.6) is 0 Å². The van der Waals surface area contributed by atoms with E-state index in [1.54, 1.807) is 4.90 Å². The number of hydrogen-bond donors (Lipinski definition) is 0. The third-order valence-electron chi connectivity index (χ3n) is 5.03. The Morgan fingerprint density at radius 3 is 2.46 bits per heavy atom. The number of carbonyl (C=O) groups excluding carboxylic acids is 1. The van der Waals surface area contributed by atoms with Crippen molar-refractivity contribution in [1.29, 1.82) is 0 Å². The largest absolute Gasteiger partial charge is 0.314 e. The van der Waals surface area contributed by atoms with E-state index < -0.39 is 5.41 Å². The molecule has 122 valence electrons. The lowest BCUT2D eigenvalue weighted by atomic mass is 9.65. The van der Waals surface area contributed by atoms with Gasteiger partial charge < -0.3 is 4.90 Å². The molecule has 1 aliphatic heterocycles. The number of fused-ring (bicyclic) bond motifs is 1. The van der Waals surface area contributed by atoms with Crippen LogP contribution in [-0.4, -0.2) is 13.0 Å². The maximum Gasteiger partial charge on any atom is 0.242 e. The van der Waals surface area contributed by atoms with Crippen molar-refractivity contribution in [3.05, 3.63) is 90.5 Å². The van der Waals surface area contributed by atoms with Gasteiger partial charge >= 0.3 is 0 Å². The molecule has 3 rings (SSSR count). The molecule has 0 spiro atoms. The molecule has 2 aromatic carbocycles. The van der Waals surface area contributed by atoms with E-state index in [1.165, 1.54) is 0 Å². The fraction of sp³-hybridized carbons (Fsp3) is 0.227. The summed E-state index contributed by atoms with van der Waals surface area (Å²) in [6, 6.07) is 18.2. The van der Waals surface area contributed by atoms with Gasteiger partial charge in [-0.2, -0.15) is 0 Å². The Morgan fingerprint density at radius 1 is 1.12 bits per heavy atom. The molecule has 0 aliphatic carbocycles. The molecule has 0 N–H and O–H groups in total. The third kappa shape index (κ3) is 2.22. The quantitative estimate of drug-likeness (QED) is 0.731. The van der Waals surface area contributed by atoms with Crippen molar-refractivity contribution >= 4 is 11.6 Å². The number of likely N-dealkylation sites (N-methyl/N-ethyl adjacent to an activating group) is 1. The number of nitrogens with zero attached hydrogens (tertiary/aromatic N) is 1. The summed E-state index contributed by atoms with van der Waals surface area (Å²) in [4.78, 5) is 15.3. The average molecular weight is 317 g/mol. The zero-order chi connectivity index (χ0) is 17.2. The Bertz CT molecular complexity index is 778. The summed E-state index contributed by atoms with van der Waals surface area (Å²) in [6.45, 7) is 6.06. The standard InChI is InChI=1S/C22H23NO/c1-4-6-12-17(5-2)22(18-13-8-7-9-14-18)19-15-10-11-16-20(19)23(3)21(22)24/h4-11,13-17H,2,12H2,1,3H3/b6-4+. The molecule has 2 heteroatoms. The van der Waals surface area contributed by atoms with Crippen LogP contribution in [-0.2, 0) is 10.2 Å². The maximum absolute atomic E-state index is 13.5. The van der Waals surface area contributed by atoms with Gasteiger partial charge in [0, 0.05) is 18.7 Å². The first-order chi connectivity index (χ1) is 11.7. The Balaban J connectivity index is 2.32. The summed E-state index contributed by atoms with van der Waals surface area (Å²) in [6.07, 6.45) is 6.86. The van der Waals surface area contributed by atoms with E-state index >= 15 is 0 Å². The lowest BCUT2D eigenvalue weighted by Crippen LogP contribution is -2.45. The van der Waals surface area contributed by atoms with Crippen molar-refractivity contribution in [2.45, 2.75) is 18.8 Å². The minimum Gasteiger partial charge on any atom is -0.314 e. The second-order valence-electron chi connectivity index (χ2n) is 6.20. The van der Waals surface area contributed by atoms with Gasteiger partial charge in [-0.25, -0.2) is 0 Å². The number of carbonyl (C=O) groups is 1. The molecule has 1 aliphatic rings. The number of benzene rings is 2. The van der Waals surface area contributed by atoms with Crippen molar-refractivity contribution in [2.24, 2.45) is 5.92 Å². The highest BCUT2D eigenvalue weighted by molar-refractivity contribution is 6.10. The predicted molar refractivity (Wildman–Crippen MR) is 100 cm³/mol. The average Bonchev–Trinajstić information content (AvgIpc) is 2.86. The summed E-state index contributed by atoms with van der Waals surface area (Å²) < 4.78 is 0. The summed E-state index contributed by atoms with van der Waals surface area (Å²) in [5.41, 5.74) is 2.37. The smallest absolute Gasteiger partial charge is 0.242 e. The van der Waals surface area contributed by atoms with Crippen LogP contribution in [0.2, 0.25) is 0 Å². The van der Waals surface area contributed by atoms with E-state index in [-0.39, 0.29) is 11.8 Å². The van der Waals surface area contributed by atoms with Crippen LogP contribution in [0.25, 0.3) is 0 Å². The van der Waals surface area contributed by atoms with E-state index in [2.05, 4.69) is 30.9 Å². The SMILES string of the molecule is C=CC(C/C=C/C)C1(c2ccccc2)C(=O)N(C)c2ccccc21. The summed E-state index contributed by atoms with van der Waals surface area (Å²) in [7, 11) is 1.86. The highest BCUT2D eigenvalue weighted by Gasteiger charge is 2.54. The van der Waals surface area contributed by atoms with Crippen molar-refractivity contribution < 1.29 is 4.79 Å². The predicted octanol–water partition coefficient (Wildman–Crippen LogP) is 4.72. The maximum atomic E-state index is 13.5. The molecule has 1 amide bonds.